The summed E-state index contributed by atoms with van der Waals surface area (Å²) in [6, 6.07) is 10.0. The van der Waals surface area contributed by atoms with Crippen molar-refractivity contribution in [2.45, 2.75) is 30.0 Å². The van der Waals surface area contributed by atoms with Crippen LogP contribution in [0.4, 0.5) is 18.9 Å². The second-order valence-electron chi connectivity index (χ2n) is 6.27. The Morgan fingerprint density at radius 2 is 1.86 bits per heavy atom. The molecule has 0 bridgehead atoms. The number of rotatable bonds is 6. The minimum Gasteiger partial charge on any atom is -0.353 e. The SMILES string of the molecule is O=C(CSc1ccccc1C(=O)Nc1ccc(Cl)c(C(F)(F)F)c1)NC1CC1. The zero-order chi connectivity index (χ0) is 20.3. The van der Waals surface area contributed by atoms with Crippen LogP contribution in [0.5, 0.6) is 0 Å². The highest BCUT2D eigenvalue weighted by Crippen LogP contribution is 2.36. The number of thioether (sulfide) groups is 1. The van der Waals surface area contributed by atoms with E-state index in [0.717, 1.165) is 25.0 Å². The van der Waals surface area contributed by atoms with E-state index in [2.05, 4.69) is 10.6 Å². The molecule has 148 valence electrons. The molecule has 1 saturated carbocycles. The van der Waals surface area contributed by atoms with Crippen LogP contribution in [0, 0.1) is 0 Å². The van der Waals surface area contributed by atoms with Crippen LogP contribution >= 0.6 is 23.4 Å². The van der Waals surface area contributed by atoms with Crippen molar-refractivity contribution in [2.75, 3.05) is 11.1 Å². The zero-order valence-corrected chi connectivity index (χ0v) is 16.0. The number of hydrogen-bond acceptors (Lipinski definition) is 3. The number of anilines is 1. The molecule has 2 amide bonds. The normalized spacial score (nSPS) is 13.9. The third-order valence-electron chi connectivity index (χ3n) is 3.96. The minimum absolute atomic E-state index is 0.0204. The molecule has 1 fully saturated rings. The summed E-state index contributed by atoms with van der Waals surface area (Å²) >= 11 is 6.80. The fraction of sp³-hybridized carbons (Fsp3) is 0.263. The van der Waals surface area contributed by atoms with Crippen LogP contribution in [0.2, 0.25) is 5.02 Å². The summed E-state index contributed by atoms with van der Waals surface area (Å²) in [5, 5.41) is 4.87. The lowest BCUT2D eigenvalue weighted by molar-refractivity contribution is -0.137. The molecule has 1 aliphatic carbocycles. The topological polar surface area (TPSA) is 58.2 Å². The average Bonchev–Trinajstić information content (AvgIpc) is 3.45. The highest BCUT2D eigenvalue weighted by Gasteiger charge is 2.33. The summed E-state index contributed by atoms with van der Waals surface area (Å²) in [7, 11) is 0. The van der Waals surface area contributed by atoms with Crippen LogP contribution in [0.1, 0.15) is 28.8 Å². The molecule has 2 N–H and O–H groups in total. The largest absolute Gasteiger partial charge is 0.417 e. The molecular formula is C19H16ClF3N2O2S. The van der Waals surface area contributed by atoms with Gasteiger partial charge in [0.2, 0.25) is 5.91 Å². The average molecular weight is 429 g/mol. The molecular weight excluding hydrogens is 413 g/mol. The summed E-state index contributed by atoms with van der Waals surface area (Å²) in [6.07, 6.45) is -2.66. The van der Waals surface area contributed by atoms with Crippen LogP contribution in [-0.2, 0) is 11.0 Å². The van der Waals surface area contributed by atoms with E-state index in [4.69, 9.17) is 11.6 Å². The second kappa shape index (κ2) is 8.45. The molecule has 1 aliphatic rings. The summed E-state index contributed by atoms with van der Waals surface area (Å²) in [4.78, 5) is 25.0. The number of alkyl halides is 3. The highest BCUT2D eigenvalue weighted by atomic mass is 35.5. The van der Waals surface area contributed by atoms with Gasteiger partial charge in [0.15, 0.2) is 0 Å². The van der Waals surface area contributed by atoms with Crippen molar-refractivity contribution < 1.29 is 22.8 Å². The Morgan fingerprint density at radius 3 is 2.54 bits per heavy atom. The van der Waals surface area contributed by atoms with Gasteiger partial charge in [-0.25, -0.2) is 0 Å². The molecule has 0 spiro atoms. The van der Waals surface area contributed by atoms with Gasteiger partial charge in [-0.15, -0.1) is 11.8 Å². The molecule has 28 heavy (non-hydrogen) atoms. The maximum Gasteiger partial charge on any atom is 0.417 e. The Morgan fingerprint density at radius 1 is 1.14 bits per heavy atom. The van der Waals surface area contributed by atoms with E-state index >= 15 is 0 Å². The predicted molar refractivity (Wildman–Crippen MR) is 103 cm³/mol. The first-order chi connectivity index (χ1) is 13.2. The monoisotopic (exact) mass is 428 g/mol. The van der Waals surface area contributed by atoms with Crippen molar-refractivity contribution >= 4 is 40.9 Å². The summed E-state index contributed by atoms with van der Waals surface area (Å²) < 4.78 is 39.0. The number of carbonyl (C=O) groups is 2. The van der Waals surface area contributed by atoms with Gasteiger partial charge in [0.05, 0.1) is 21.9 Å². The number of hydrogen-bond donors (Lipinski definition) is 2. The van der Waals surface area contributed by atoms with Gasteiger partial charge in [-0.2, -0.15) is 13.2 Å². The third-order valence-corrected chi connectivity index (χ3v) is 5.37. The maximum atomic E-state index is 13.0. The van der Waals surface area contributed by atoms with E-state index < -0.39 is 22.7 Å². The van der Waals surface area contributed by atoms with Gasteiger partial charge >= 0.3 is 6.18 Å². The van der Waals surface area contributed by atoms with Crippen molar-refractivity contribution in [3.05, 3.63) is 58.6 Å². The van der Waals surface area contributed by atoms with E-state index in [1.165, 1.54) is 17.8 Å². The summed E-state index contributed by atoms with van der Waals surface area (Å²) in [5.41, 5.74) is -0.769. The number of amides is 2. The predicted octanol–water partition coefficient (Wildman–Crippen LogP) is 4.98. The molecule has 0 aliphatic heterocycles. The summed E-state index contributed by atoms with van der Waals surface area (Å²) in [5.74, 6) is -0.531. The second-order valence-corrected chi connectivity index (χ2v) is 7.70. The first-order valence-corrected chi connectivity index (χ1v) is 9.79. The van der Waals surface area contributed by atoms with E-state index in [1.54, 1.807) is 24.3 Å². The molecule has 4 nitrogen and oxygen atoms in total. The number of halogens is 4. The van der Waals surface area contributed by atoms with Gasteiger partial charge in [-0.3, -0.25) is 9.59 Å². The zero-order valence-electron chi connectivity index (χ0n) is 14.5. The smallest absolute Gasteiger partial charge is 0.353 e. The van der Waals surface area contributed by atoms with E-state index in [1.807, 2.05) is 0 Å². The van der Waals surface area contributed by atoms with Crippen LogP contribution in [-0.4, -0.2) is 23.6 Å². The molecule has 0 heterocycles. The molecule has 2 aromatic carbocycles. The fourth-order valence-corrected chi connectivity index (χ4v) is 3.52. The quantitative estimate of drug-likeness (QED) is 0.638. The maximum absolute atomic E-state index is 13.0. The fourth-order valence-electron chi connectivity index (χ4n) is 2.44. The van der Waals surface area contributed by atoms with Crippen molar-refractivity contribution in [1.29, 1.82) is 0 Å². The van der Waals surface area contributed by atoms with Crippen LogP contribution in [0.15, 0.2) is 47.4 Å². The lowest BCUT2D eigenvalue weighted by Gasteiger charge is -2.13. The molecule has 0 saturated heterocycles. The van der Waals surface area contributed by atoms with Crippen LogP contribution in [0.3, 0.4) is 0 Å². The number of benzene rings is 2. The van der Waals surface area contributed by atoms with Crippen LogP contribution < -0.4 is 10.6 Å². The lowest BCUT2D eigenvalue weighted by Crippen LogP contribution is -2.27. The standard InChI is InChI=1S/C19H16ClF3N2O2S/c20-15-8-7-12(9-14(15)19(21,22)23)25-18(27)13-3-1-2-4-16(13)28-10-17(26)24-11-5-6-11/h1-4,7-9,11H,5-6,10H2,(H,24,26)(H,25,27). The van der Waals surface area contributed by atoms with Crippen LogP contribution in [0.25, 0.3) is 0 Å². The Labute approximate surface area is 168 Å². The van der Waals surface area contributed by atoms with E-state index in [-0.39, 0.29) is 29.0 Å². The lowest BCUT2D eigenvalue weighted by atomic mass is 10.1. The van der Waals surface area contributed by atoms with Crippen molar-refractivity contribution in [3.8, 4) is 0 Å². The highest BCUT2D eigenvalue weighted by molar-refractivity contribution is 8.00. The third kappa shape index (κ3) is 5.42. The van der Waals surface area contributed by atoms with Crippen molar-refractivity contribution in [3.63, 3.8) is 0 Å². The molecule has 9 heteroatoms. The molecule has 0 radical (unpaired) electrons. The molecule has 2 aromatic rings. The number of nitrogens with one attached hydrogen (secondary N) is 2. The Kier molecular flexibility index (Phi) is 6.20. The van der Waals surface area contributed by atoms with Crippen molar-refractivity contribution in [1.82, 2.24) is 5.32 Å². The van der Waals surface area contributed by atoms with Gasteiger partial charge in [0.25, 0.3) is 5.91 Å². The van der Waals surface area contributed by atoms with E-state index in [9.17, 15) is 22.8 Å². The molecule has 0 atom stereocenters. The van der Waals surface area contributed by atoms with Gasteiger partial charge in [0, 0.05) is 16.6 Å². The van der Waals surface area contributed by atoms with Gasteiger partial charge < -0.3 is 10.6 Å². The Balaban J connectivity index is 1.71. The van der Waals surface area contributed by atoms with Gasteiger partial charge in [-0.1, -0.05) is 23.7 Å². The van der Waals surface area contributed by atoms with E-state index in [0.29, 0.717) is 4.90 Å². The van der Waals surface area contributed by atoms with Gasteiger partial charge in [0.1, 0.15) is 0 Å². The Hall–Kier alpha value is -2.19. The van der Waals surface area contributed by atoms with Gasteiger partial charge in [-0.05, 0) is 43.2 Å². The first-order valence-electron chi connectivity index (χ1n) is 8.43. The molecule has 0 aromatic heterocycles. The number of carbonyl (C=O) groups excluding carboxylic acids is 2. The first kappa shape index (κ1) is 20.5. The summed E-state index contributed by atoms with van der Waals surface area (Å²) in [6.45, 7) is 0. The Bertz CT molecular complexity index is 901. The van der Waals surface area contributed by atoms with Crippen molar-refractivity contribution in [2.24, 2.45) is 0 Å². The molecule has 0 unspecified atom stereocenters. The molecule has 3 rings (SSSR count). The minimum atomic E-state index is -4.62.